The number of amides is 2. The summed E-state index contributed by atoms with van der Waals surface area (Å²) in [4.78, 5) is 39.1. The van der Waals surface area contributed by atoms with Gasteiger partial charge in [0.05, 0.1) is 30.8 Å². The first-order valence-corrected chi connectivity index (χ1v) is 11.6. The molecule has 0 unspecified atom stereocenters. The highest BCUT2D eigenvalue weighted by atomic mass is 16.5. The molecule has 3 heterocycles. The van der Waals surface area contributed by atoms with Crippen molar-refractivity contribution in [3.05, 3.63) is 53.1 Å². The van der Waals surface area contributed by atoms with E-state index in [-0.39, 0.29) is 17.9 Å². The van der Waals surface area contributed by atoms with Gasteiger partial charge < -0.3 is 14.5 Å². The minimum atomic E-state index is -0.146. The molecule has 7 nitrogen and oxygen atoms in total. The molecule has 2 aliphatic rings. The van der Waals surface area contributed by atoms with E-state index >= 15 is 0 Å². The number of carbonyl (C=O) groups is 2. The van der Waals surface area contributed by atoms with Gasteiger partial charge in [-0.05, 0) is 63.1 Å². The Kier molecular flexibility index (Phi) is 7.02. The van der Waals surface area contributed by atoms with Gasteiger partial charge >= 0.3 is 0 Å². The number of ether oxygens (including phenoxy) is 1. The summed E-state index contributed by atoms with van der Waals surface area (Å²) in [5, 5.41) is 0. The van der Waals surface area contributed by atoms with E-state index in [9.17, 15) is 9.59 Å². The lowest BCUT2D eigenvalue weighted by atomic mass is 9.99. The summed E-state index contributed by atoms with van der Waals surface area (Å²) in [5.74, 6) is 1.51. The van der Waals surface area contributed by atoms with E-state index in [1.807, 2.05) is 41.0 Å². The largest absolute Gasteiger partial charge is 0.497 e. The van der Waals surface area contributed by atoms with Crippen molar-refractivity contribution in [2.24, 2.45) is 0 Å². The number of piperidine rings is 2. The predicted molar refractivity (Wildman–Crippen MR) is 122 cm³/mol. The quantitative estimate of drug-likeness (QED) is 0.714. The first-order chi connectivity index (χ1) is 15.6. The third-order valence-electron chi connectivity index (χ3n) is 6.51. The van der Waals surface area contributed by atoms with E-state index in [0.717, 1.165) is 56.5 Å². The van der Waals surface area contributed by atoms with E-state index in [0.29, 0.717) is 30.0 Å². The average Bonchev–Trinajstić information content (AvgIpc) is 2.84. The van der Waals surface area contributed by atoms with Gasteiger partial charge in [0.2, 0.25) is 5.91 Å². The van der Waals surface area contributed by atoms with Crippen LogP contribution >= 0.6 is 0 Å². The molecule has 4 rings (SSSR count). The zero-order chi connectivity index (χ0) is 22.5. The molecule has 0 saturated carbocycles. The third kappa shape index (κ3) is 4.92. The number of hydrogen-bond acceptors (Lipinski definition) is 5. The molecule has 2 aliphatic heterocycles. The standard InChI is InChI=1S/C25H32N4O3/c1-18-21(25(31)28-13-5-3-6-14-28)17-26-24(27-18)22-8-4-7-15-29(22)23(30)16-19-9-11-20(32-2)12-10-19/h9-12,17,22H,3-8,13-16H2,1-2H3/t22-/m0/s1. The van der Waals surface area contributed by atoms with Gasteiger partial charge in [0.15, 0.2) is 5.82 Å². The van der Waals surface area contributed by atoms with Crippen molar-refractivity contribution in [3.63, 3.8) is 0 Å². The zero-order valence-corrected chi connectivity index (χ0v) is 19.0. The SMILES string of the molecule is COc1ccc(CC(=O)N2CCCC[C@H]2c2ncc(C(=O)N3CCCCC3)c(C)n2)cc1. The molecular weight excluding hydrogens is 404 g/mol. The number of rotatable bonds is 5. The number of aromatic nitrogens is 2. The summed E-state index contributed by atoms with van der Waals surface area (Å²) in [6.07, 6.45) is 8.14. The topological polar surface area (TPSA) is 75.6 Å². The van der Waals surface area contributed by atoms with Crippen LogP contribution in [0.25, 0.3) is 0 Å². The van der Waals surface area contributed by atoms with Crippen LogP contribution in [0.5, 0.6) is 5.75 Å². The molecule has 1 aromatic heterocycles. The molecule has 2 amide bonds. The van der Waals surface area contributed by atoms with Gasteiger partial charge in [-0.3, -0.25) is 9.59 Å². The van der Waals surface area contributed by atoms with Crippen molar-refractivity contribution in [3.8, 4) is 5.75 Å². The Bertz CT molecular complexity index is 954. The van der Waals surface area contributed by atoms with Crippen molar-refractivity contribution >= 4 is 11.8 Å². The van der Waals surface area contributed by atoms with Crippen LogP contribution in [-0.4, -0.2) is 58.3 Å². The Morgan fingerprint density at radius 3 is 2.44 bits per heavy atom. The van der Waals surface area contributed by atoms with Crippen LogP contribution < -0.4 is 4.74 Å². The Labute approximate surface area is 189 Å². The zero-order valence-electron chi connectivity index (χ0n) is 19.0. The van der Waals surface area contributed by atoms with Crippen LogP contribution in [0.2, 0.25) is 0 Å². The highest BCUT2D eigenvalue weighted by molar-refractivity contribution is 5.95. The fourth-order valence-electron chi connectivity index (χ4n) is 4.64. The van der Waals surface area contributed by atoms with Gasteiger partial charge in [-0.2, -0.15) is 0 Å². The Morgan fingerprint density at radius 2 is 1.75 bits per heavy atom. The molecule has 0 N–H and O–H groups in total. The number of hydrogen-bond donors (Lipinski definition) is 0. The predicted octanol–water partition coefficient (Wildman–Crippen LogP) is 3.72. The van der Waals surface area contributed by atoms with Gasteiger partial charge in [0, 0.05) is 25.8 Å². The Balaban J connectivity index is 1.49. The van der Waals surface area contributed by atoms with Crippen LogP contribution in [-0.2, 0) is 11.2 Å². The maximum atomic E-state index is 13.2. The van der Waals surface area contributed by atoms with Gasteiger partial charge in [-0.15, -0.1) is 0 Å². The van der Waals surface area contributed by atoms with Crippen molar-refractivity contribution in [2.75, 3.05) is 26.7 Å². The Morgan fingerprint density at radius 1 is 1.03 bits per heavy atom. The maximum Gasteiger partial charge on any atom is 0.257 e. The first-order valence-electron chi connectivity index (χ1n) is 11.6. The molecule has 2 fully saturated rings. The molecule has 0 spiro atoms. The van der Waals surface area contributed by atoms with Crippen molar-refractivity contribution < 1.29 is 14.3 Å². The number of likely N-dealkylation sites (tertiary alicyclic amines) is 2. The fourth-order valence-corrected chi connectivity index (χ4v) is 4.64. The second-order valence-electron chi connectivity index (χ2n) is 8.70. The third-order valence-corrected chi connectivity index (χ3v) is 6.51. The lowest BCUT2D eigenvalue weighted by Crippen LogP contribution is -2.40. The summed E-state index contributed by atoms with van der Waals surface area (Å²) in [7, 11) is 1.63. The maximum absolute atomic E-state index is 13.2. The highest BCUT2D eigenvalue weighted by Gasteiger charge is 2.31. The van der Waals surface area contributed by atoms with Crippen LogP contribution in [0.4, 0.5) is 0 Å². The Hall–Kier alpha value is -2.96. The van der Waals surface area contributed by atoms with Crippen LogP contribution in [0, 0.1) is 6.92 Å². The average molecular weight is 437 g/mol. The summed E-state index contributed by atoms with van der Waals surface area (Å²) in [6, 6.07) is 7.46. The van der Waals surface area contributed by atoms with Crippen molar-refractivity contribution in [2.45, 2.75) is 57.9 Å². The van der Waals surface area contributed by atoms with E-state index in [1.54, 1.807) is 13.3 Å². The van der Waals surface area contributed by atoms with Crippen LogP contribution in [0.3, 0.4) is 0 Å². The van der Waals surface area contributed by atoms with Crippen LogP contribution in [0.1, 0.15) is 72.0 Å². The van der Waals surface area contributed by atoms with E-state index in [4.69, 9.17) is 9.72 Å². The van der Waals surface area contributed by atoms with E-state index < -0.39 is 0 Å². The number of nitrogens with zero attached hydrogens (tertiary/aromatic N) is 4. The number of benzene rings is 1. The lowest BCUT2D eigenvalue weighted by Gasteiger charge is -2.35. The minimum absolute atomic E-state index is 0.0184. The fraction of sp³-hybridized carbons (Fsp3) is 0.520. The molecule has 2 saturated heterocycles. The second-order valence-corrected chi connectivity index (χ2v) is 8.70. The molecule has 0 aliphatic carbocycles. The van der Waals surface area contributed by atoms with Crippen LogP contribution in [0.15, 0.2) is 30.5 Å². The summed E-state index contributed by atoms with van der Waals surface area (Å²) in [5.41, 5.74) is 2.22. The molecule has 1 atom stereocenters. The smallest absolute Gasteiger partial charge is 0.257 e. The van der Waals surface area contributed by atoms with Crippen molar-refractivity contribution in [1.29, 1.82) is 0 Å². The van der Waals surface area contributed by atoms with Gasteiger partial charge in [-0.1, -0.05) is 12.1 Å². The summed E-state index contributed by atoms with van der Waals surface area (Å²) >= 11 is 0. The summed E-state index contributed by atoms with van der Waals surface area (Å²) < 4.78 is 5.20. The number of carbonyl (C=O) groups excluding carboxylic acids is 2. The second kappa shape index (κ2) is 10.1. The highest BCUT2D eigenvalue weighted by Crippen LogP contribution is 2.30. The molecule has 0 bridgehead atoms. The first kappa shape index (κ1) is 22.2. The normalized spacial score (nSPS) is 19.0. The molecule has 170 valence electrons. The van der Waals surface area contributed by atoms with Crippen molar-refractivity contribution in [1.82, 2.24) is 19.8 Å². The van der Waals surface area contributed by atoms with Gasteiger partial charge in [0.25, 0.3) is 5.91 Å². The van der Waals surface area contributed by atoms with E-state index in [1.165, 1.54) is 6.42 Å². The molecule has 32 heavy (non-hydrogen) atoms. The molecule has 2 aromatic rings. The minimum Gasteiger partial charge on any atom is -0.497 e. The lowest BCUT2D eigenvalue weighted by molar-refractivity contribution is -0.134. The van der Waals surface area contributed by atoms with E-state index in [2.05, 4.69) is 4.98 Å². The molecular formula is C25H32N4O3. The monoisotopic (exact) mass is 436 g/mol. The summed E-state index contributed by atoms with van der Waals surface area (Å²) in [6.45, 7) is 4.18. The molecule has 0 radical (unpaired) electrons. The number of aryl methyl sites for hydroxylation is 1. The molecule has 1 aromatic carbocycles. The van der Waals surface area contributed by atoms with Gasteiger partial charge in [-0.25, -0.2) is 9.97 Å². The van der Waals surface area contributed by atoms with Gasteiger partial charge in [0.1, 0.15) is 5.75 Å². The number of methoxy groups -OCH3 is 1. The molecule has 7 heteroatoms.